The third-order valence-corrected chi connectivity index (χ3v) is 4.08. The van der Waals surface area contributed by atoms with E-state index in [1.54, 1.807) is 30.0 Å². The SMILES string of the molecule is COc1cccc(/C=C/CSCc2ccccc2)c1C(=O)O. The van der Waals surface area contributed by atoms with Crippen LogP contribution < -0.4 is 4.74 Å². The molecule has 0 bridgehead atoms. The molecule has 0 fully saturated rings. The highest BCUT2D eigenvalue weighted by Crippen LogP contribution is 2.23. The number of ether oxygens (including phenoxy) is 1. The number of thioether (sulfide) groups is 1. The van der Waals surface area contributed by atoms with Crippen molar-refractivity contribution in [3.8, 4) is 5.75 Å². The molecule has 0 unspecified atom stereocenters. The molecule has 0 radical (unpaired) electrons. The van der Waals surface area contributed by atoms with E-state index in [4.69, 9.17) is 4.74 Å². The Morgan fingerprint density at radius 1 is 1.18 bits per heavy atom. The quantitative estimate of drug-likeness (QED) is 0.772. The van der Waals surface area contributed by atoms with Crippen molar-refractivity contribution in [2.75, 3.05) is 12.9 Å². The maximum absolute atomic E-state index is 11.4. The van der Waals surface area contributed by atoms with E-state index in [2.05, 4.69) is 12.1 Å². The van der Waals surface area contributed by atoms with Gasteiger partial charge in [-0.2, -0.15) is 11.8 Å². The lowest BCUT2D eigenvalue weighted by atomic mass is 10.1. The van der Waals surface area contributed by atoms with Crippen LogP contribution in [-0.2, 0) is 5.75 Å². The lowest BCUT2D eigenvalue weighted by Gasteiger charge is -2.07. The highest BCUT2D eigenvalue weighted by atomic mass is 32.2. The maximum atomic E-state index is 11.4. The van der Waals surface area contributed by atoms with E-state index in [1.165, 1.54) is 12.7 Å². The van der Waals surface area contributed by atoms with Crippen LogP contribution in [0.3, 0.4) is 0 Å². The topological polar surface area (TPSA) is 46.5 Å². The second-order valence-corrected chi connectivity index (χ2v) is 5.66. The van der Waals surface area contributed by atoms with Crippen LogP contribution in [0.15, 0.2) is 54.6 Å². The summed E-state index contributed by atoms with van der Waals surface area (Å²) in [5.74, 6) is 1.17. The van der Waals surface area contributed by atoms with E-state index in [9.17, 15) is 9.90 Å². The molecule has 22 heavy (non-hydrogen) atoms. The normalized spacial score (nSPS) is 10.8. The van der Waals surface area contributed by atoms with E-state index >= 15 is 0 Å². The van der Waals surface area contributed by atoms with E-state index in [-0.39, 0.29) is 5.56 Å². The highest BCUT2D eigenvalue weighted by molar-refractivity contribution is 7.98. The highest BCUT2D eigenvalue weighted by Gasteiger charge is 2.13. The van der Waals surface area contributed by atoms with Gasteiger partial charge in [0.15, 0.2) is 0 Å². The number of carboxylic acid groups (broad SMARTS) is 1. The number of aromatic carboxylic acids is 1. The molecular formula is C18H18O3S. The van der Waals surface area contributed by atoms with Crippen molar-refractivity contribution in [3.63, 3.8) is 0 Å². The van der Waals surface area contributed by atoms with E-state index in [0.717, 1.165) is 11.5 Å². The van der Waals surface area contributed by atoms with E-state index in [1.807, 2.05) is 30.4 Å². The maximum Gasteiger partial charge on any atom is 0.340 e. The third kappa shape index (κ3) is 4.40. The number of benzene rings is 2. The zero-order valence-corrected chi connectivity index (χ0v) is 13.2. The van der Waals surface area contributed by atoms with Crippen molar-refractivity contribution in [2.45, 2.75) is 5.75 Å². The minimum absolute atomic E-state index is 0.203. The Kier molecular flexibility index (Phi) is 6.10. The van der Waals surface area contributed by atoms with Crippen molar-refractivity contribution < 1.29 is 14.6 Å². The monoisotopic (exact) mass is 314 g/mol. The van der Waals surface area contributed by atoms with Gasteiger partial charge in [0.05, 0.1) is 7.11 Å². The molecule has 2 rings (SSSR count). The van der Waals surface area contributed by atoms with Gasteiger partial charge in [-0.25, -0.2) is 4.79 Å². The molecule has 2 aromatic carbocycles. The Labute approximate surface area is 134 Å². The first-order valence-corrected chi connectivity index (χ1v) is 8.06. The summed E-state index contributed by atoms with van der Waals surface area (Å²) in [6.45, 7) is 0. The van der Waals surface area contributed by atoms with Gasteiger partial charge in [-0.05, 0) is 17.2 Å². The standard InChI is InChI=1S/C18H18O3S/c1-21-16-11-5-9-15(17(16)18(19)20)10-6-12-22-13-14-7-3-2-4-8-14/h2-11H,12-13H2,1H3,(H,19,20)/b10-6+. The molecule has 0 atom stereocenters. The molecule has 0 amide bonds. The lowest BCUT2D eigenvalue weighted by molar-refractivity contribution is 0.0693. The smallest absolute Gasteiger partial charge is 0.340 e. The summed E-state index contributed by atoms with van der Waals surface area (Å²) in [7, 11) is 1.48. The van der Waals surface area contributed by atoms with Gasteiger partial charge in [0.25, 0.3) is 0 Å². The summed E-state index contributed by atoms with van der Waals surface area (Å²) in [4.78, 5) is 11.4. The average molecular weight is 314 g/mol. The molecule has 114 valence electrons. The molecule has 3 nitrogen and oxygen atoms in total. The number of methoxy groups -OCH3 is 1. The fourth-order valence-corrected chi connectivity index (χ4v) is 2.86. The van der Waals surface area contributed by atoms with Gasteiger partial charge in [0, 0.05) is 11.5 Å². The van der Waals surface area contributed by atoms with Crippen molar-refractivity contribution in [1.29, 1.82) is 0 Å². The van der Waals surface area contributed by atoms with Crippen LogP contribution in [0.5, 0.6) is 5.75 Å². The number of carbonyl (C=O) groups is 1. The molecule has 0 saturated carbocycles. The van der Waals surface area contributed by atoms with Crippen LogP contribution in [0, 0.1) is 0 Å². The summed E-state index contributed by atoms with van der Waals surface area (Å²) < 4.78 is 5.11. The summed E-state index contributed by atoms with van der Waals surface area (Å²) in [5.41, 5.74) is 2.15. The average Bonchev–Trinajstić information content (AvgIpc) is 2.55. The number of carboxylic acids is 1. The van der Waals surface area contributed by atoms with Gasteiger partial charge in [0.1, 0.15) is 11.3 Å². The van der Waals surface area contributed by atoms with Crippen LogP contribution in [0.25, 0.3) is 6.08 Å². The fraction of sp³-hybridized carbons (Fsp3) is 0.167. The summed E-state index contributed by atoms with van der Waals surface area (Å²) in [6.07, 6.45) is 3.82. The van der Waals surface area contributed by atoms with Crippen LogP contribution in [0.1, 0.15) is 21.5 Å². The summed E-state index contributed by atoms with van der Waals surface area (Å²) in [6, 6.07) is 15.5. The van der Waals surface area contributed by atoms with Crippen LogP contribution >= 0.6 is 11.8 Å². The number of hydrogen-bond acceptors (Lipinski definition) is 3. The van der Waals surface area contributed by atoms with Gasteiger partial charge in [-0.1, -0.05) is 54.6 Å². The van der Waals surface area contributed by atoms with Crippen molar-refractivity contribution in [2.24, 2.45) is 0 Å². The Balaban J connectivity index is 1.97. The largest absolute Gasteiger partial charge is 0.496 e. The molecule has 4 heteroatoms. The molecule has 0 aromatic heterocycles. The van der Waals surface area contributed by atoms with Crippen molar-refractivity contribution >= 4 is 23.8 Å². The van der Waals surface area contributed by atoms with Crippen LogP contribution in [-0.4, -0.2) is 23.9 Å². The molecule has 0 saturated heterocycles. The van der Waals surface area contributed by atoms with Crippen molar-refractivity contribution in [1.82, 2.24) is 0 Å². The van der Waals surface area contributed by atoms with E-state index < -0.39 is 5.97 Å². The van der Waals surface area contributed by atoms with Gasteiger partial charge in [-0.3, -0.25) is 0 Å². The Bertz CT molecular complexity index is 651. The van der Waals surface area contributed by atoms with Gasteiger partial charge in [0.2, 0.25) is 0 Å². The molecule has 0 aliphatic rings. The minimum atomic E-state index is -0.978. The molecule has 0 spiro atoms. The van der Waals surface area contributed by atoms with Crippen molar-refractivity contribution in [3.05, 3.63) is 71.3 Å². The van der Waals surface area contributed by atoms with Gasteiger partial charge in [-0.15, -0.1) is 0 Å². The minimum Gasteiger partial charge on any atom is -0.496 e. The van der Waals surface area contributed by atoms with Gasteiger partial charge < -0.3 is 9.84 Å². The van der Waals surface area contributed by atoms with Gasteiger partial charge >= 0.3 is 5.97 Å². The molecule has 0 aliphatic heterocycles. The summed E-state index contributed by atoms with van der Waals surface area (Å²) >= 11 is 1.78. The Morgan fingerprint density at radius 2 is 1.95 bits per heavy atom. The molecule has 0 aliphatic carbocycles. The number of rotatable bonds is 7. The molecule has 0 heterocycles. The second kappa shape index (κ2) is 8.29. The predicted molar refractivity (Wildman–Crippen MR) is 91.6 cm³/mol. The Morgan fingerprint density at radius 3 is 2.64 bits per heavy atom. The zero-order valence-electron chi connectivity index (χ0n) is 12.4. The Hall–Kier alpha value is -2.20. The lowest BCUT2D eigenvalue weighted by Crippen LogP contribution is -2.03. The second-order valence-electron chi connectivity index (χ2n) is 4.63. The summed E-state index contributed by atoms with van der Waals surface area (Å²) in [5, 5.41) is 9.31. The third-order valence-electron chi connectivity index (χ3n) is 3.12. The predicted octanol–water partition coefficient (Wildman–Crippen LogP) is 4.34. The van der Waals surface area contributed by atoms with Crippen LogP contribution in [0.2, 0.25) is 0 Å². The number of hydrogen-bond donors (Lipinski definition) is 1. The fourth-order valence-electron chi connectivity index (χ4n) is 2.08. The zero-order chi connectivity index (χ0) is 15.8. The van der Waals surface area contributed by atoms with Crippen LogP contribution in [0.4, 0.5) is 0 Å². The molecular weight excluding hydrogens is 296 g/mol. The van der Waals surface area contributed by atoms with E-state index in [0.29, 0.717) is 11.3 Å². The first-order chi connectivity index (χ1) is 10.7. The first kappa shape index (κ1) is 16.2. The first-order valence-electron chi connectivity index (χ1n) is 6.91. The molecule has 2 aromatic rings. The molecule has 1 N–H and O–H groups in total.